The molecule has 0 spiro atoms. The molecule has 7 heteroatoms. The van der Waals surface area contributed by atoms with E-state index < -0.39 is 10.0 Å². The van der Waals surface area contributed by atoms with Crippen LogP contribution in [0.25, 0.3) is 0 Å². The van der Waals surface area contributed by atoms with E-state index in [1.54, 1.807) is 19.2 Å². The van der Waals surface area contributed by atoms with Gasteiger partial charge in [0.1, 0.15) is 18.1 Å². The van der Waals surface area contributed by atoms with Crippen LogP contribution in [0.3, 0.4) is 0 Å². The first-order valence-corrected chi connectivity index (χ1v) is 10.1. The Morgan fingerprint density at radius 3 is 2.42 bits per heavy atom. The van der Waals surface area contributed by atoms with Crippen LogP contribution in [0.15, 0.2) is 53.4 Å². The molecule has 2 aromatic rings. The van der Waals surface area contributed by atoms with Gasteiger partial charge in [-0.3, -0.25) is 4.90 Å². The number of para-hydroxylation sites is 1. The van der Waals surface area contributed by atoms with Gasteiger partial charge in [-0.05, 0) is 43.2 Å². The Morgan fingerprint density at radius 1 is 1.12 bits per heavy atom. The summed E-state index contributed by atoms with van der Waals surface area (Å²) in [5, 5.41) is 5.10. The molecule has 0 atom stereocenters. The van der Waals surface area contributed by atoms with Gasteiger partial charge in [0.2, 0.25) is 10.0 Å². The third kappa shape index (κ3) is 4.97. The largest absolute Gasteiger partial charge is 0.496 e. The smallest absolute Gasteiger partial charge is 0.238 e. The van der Waals surface area contributed by atoms with E-state index in [0.29, 0.717) is 18.4 Å². The highest BCUT2D eigenvalue weighted by Gasteiger charge is 2.29. The maximum atomic E-state index is 11.3. The standard InChI is InChI=1S/C19H24N2O4S/c1-24-19-5-3-2-4-15(19)14-21(16-6-7-16)12-13-25-17-8-10-18(11-9-17)26(20,22)23/h2-5,8-11,16H,6-7,12-14H2,1H3,(H2,20,22,23). The number of rotatable bonds is 9. The molecule has 0 aliphatic heterocycles. The van der Waals surface area contributed by atoms with E-state index in [1.807, 2.05) is 18.2 Å². The molecule has 2 N–H and O–H groups in total. The molecule has 0 radical (unpaired) electrons. The second kappa shape index (κ2) is 8.07. The highest BCUT2D eigenvalue weighted by atomic mass is 32.2. The van der Waals surface area contributed by atoms with Crippen LogP contribution in [0, 0.1) is 0 Å². The molecule has 0 heterocycles. The quantitative estimate of drug-likeness (QED) is 0.727. The van der Waals surface area contributed by atoms with Crippen LogP contribution in [-0.4, -0.2) is 39.6 Å². The lowest BCUT2D eigenvalue weighted by atomic mass is 10.2. The summed E-state index contributed by atoms with van der Waals surface area (Å²) in [5.41, 5.74) is 1.17. The van der Waals surface area contributed by atoms with Crippen LogP contribution in [0.1, 0.15) is 18.4 Å². The number of ether oxygens (including phenoxy) is 2. The van der Waals surface area contributed by atoms with Crippen LogP contribution in [-0.2, 0) is 16.6 Å². The Balaban J connectivity index is 1.56. The van der Waals surface area contributed by atoms with Gasteiger partial charge in [0.15, 0.2) is 0 Å². The number of nitrogens with zero attached hydrogens (tertiary/aromatic N) is 1. The minimum atomic E-state index is -3.67. The molecule has 26 heavy (non-hydrogen) atoms. The van der Waals surface area contributed by atoms with E-state index in [2.05, 4.69) is 11.0 Å². The third-order valence-corrected chi connectivity index (χ3v) is 5.36. The first-order valence-electron chi connectivity index (χ1n) is 8.59. The molecule has 140 valence electrons. The highest BCUT2D eigenvalue weighted by molar-refractivity contribution is 7.89. The summed E-state index contributed by atoms with van der Waals surface area (Å²) in [7, 11) is -1.98. The molecular weight excluding hydrogens is 352 g/mol. The van der Waals surface area contributed by atoms with Gasteiger partial charge in [0.25, 0.3) is 0 Å². The molecule has 1 saturated carbocycles. The zero-order valence-electron chi connectivity index (χ0n) is 14.8. The van der Waals surface area contributed by atoms with Crippen molar-refractivity contribution in [2.45, 2.75) is 30.3 Å². The van der Waals surface area contributed by atoms with Crippen LogP contribution in [0.2, 0.25) is 0 Å². The van der Waals surface area contributed by atoms with Gasteiger partial charge in [0, 0.05) is 24.7 Å². The first kappa shape index (κ1) is 18.7. The Morgan fingerprint density at radius 2 is 1.81 bits per heavy atom. The monoisotopic (exact) mass is 376 g/mol. The minimum absolute atomic E-state index is 0.0839. The van der Waals surface area contributed by atoms with Crippen molar-refractivity contribution in [3.63, 3.8) is 0 Å². The van der Waals surface area contributed by atoms with Gasteiger partial charge in [-0.2, -0.15) is 0 Å². The molecule has 0 amide bonds. The van der Waals surface area contributed by atoms with E-state index in [-0.39, 0.29) is 4.90 Å². The summed E-state index contributed by atoms with van der Waals surface area (Å²) in [6.07, 6.45) is 2.41. The van der Waals surface area contributed by atoms with Crippen molar-refractivity contribution >= 4 is 10.0 Å². The average Bonchev–Trinajstić information content (AvgIpc) is 3.46. The van der Waals surface area contributed by atoms with Crippen LogP contribution in [0.5, 0.6) is 11.5 Å². The topological polar surface area (TPSA) is 81.9 Å². The molecule has 3 rings (SSSR count). The lowest BCUT2D eigenvalue weighted by molar-refractivity contribution is 0.193. The molecule has 0 unspecified atom stereocenters. The molecule has 1 aliphatic rings. The molecule has 1 fully saturated rings. The fourth-order valence-corrected chi connectivity index (χ4v) is 3.40. The maximum absolute atomic E-state index is 11.3. The Kier molecular flexibility index (Phi) is 5.80. The Labute approximate surface area is 154 Å². The predicted molar refractivity (Wildman–Crippen MR) is 99.7 cm³/mol. The lowest BCUT2D eigenvalue weighted by Gasteiger charge is -2.23. The molecule has 1 aliphatic carbocycles. The minimum Gasteiger partial charge on any atom is -0.496 e. The highest BCUT2D eigenvalue weighted by Crippen LogP contribution is 2.30. The third-order valence-electron chi connectivity index (χ3n) is 4.43. The maximum Gasteiger partial charge on any atom is 0.238 e. The van der Waals surface area contributed by atoms with Gasteiger partial charge in [-0.1, -0.05) is 18.2 Å². The van der Waals surface area contributed by atoms with Gasteiger partial charge < -0.3 is 9.47 Å². The second-order valence-electron chi connectivity index (χ2n) is 6.38. The number of methoxy groups -OCH3 is 1. The van der Waals surface area contributed by atoms with Gasteiger partial charge >= 0.3 is 0 Å². The van der Waals surface area contributed by atoms with Gasteiger partial charge in [-0.15, -0.1) is 0 Å². The van der Waals surface area contributed by atoms with E-state index in [1.165, 1.54) is 30.5 Å². The van der Waals surface area contributed by atoms with Crippen LogP contribution < -0.4 is 14.6 Å². The Bertz CT molecular complexity index is 833. The summed E-state index contributed by atoms with van der Waals surface area (Å²) in [4.78, 5) is 2.48. The SMILES string of the molecule is COc1ccccc1CN(CCOc1ccc(S(N)(=O)=O)cc1)C1CC1. The van der Waals surface area contributed by atoms with Crippen molar-refractivity contribution in [2.75, 3.05) is 20.3 Å². The summed E-state index contributed by atoms with van der Waals surface area (Å²) < 4.78 is 33.8. The van der Waals surface area contributed by atoms with E-state index in [4.69, 9.17) is 14.6 Å². The number of hydrogen-bond donors (Lipinski definition) is 1. The summed E-state index contributed by atoms with van der Waals surface area (Å²) in [6.45, 7) is 2.14. The number of nitrogens with two attached hydrogens (primary N) is 1. The number of hydrogen-bond acceptors (Lipinski definition) is 5. The molecule has 6 nitrogen and oxygen atoms in total. The number of benzene rings is 2. The predicted octanol–water partition coefficient (Wildman–Crippen LogP) is 2.39. The second-order valence-corrected chi connectivity index (χ2v) is 7.94. The Hall–Kier alpha value is -2.09. The number of sulfonamides is 1. The zero-order valence-corrected chi connectivity index (χ0v) is 15.6. The van der Waals surface area contributed by atoms with E-state index in [9.17, 15) is 8.42 Å². The molecule has 0 saturated heterocycles. The van der Waals surface area contributed by atoms with Gasteiger partial charge in [0.05, 0.1) is 12.0 Å². The van der Waals surface area contributed by atoms with Gasteiger partial charge in [-0.25, -0.2) is 13.6 Å². The summed E-state index contributed by atoms with van der Waals surface area (Å²) in [6, 6.07) is 14.8. The van der Waals surface area contributed by atoms with Crippen LogP contribution in [0.4, 0.5) is 0 Å². The van der Waals surface area contributed by atoms with E-state index >= 15 is 0 Å². The average molecular weight is 376 g/mol. The summed E-state index contributed by atoms with van der Waals surface area (Å²) >= 11 is 0. The van der Waals surface area contributed by atoms with Crippen molar-refractivity contribution in [1.29, 1.82) is 0 Å². The fraction of sp³-hybridized carbons (Fsp3) is 0.368. The normalized spacial score (nSPS) is 14.4. The zero-order chi connectivity index (χ0) is 18.6. The van der Waals surface area contributed by atoms with Crippen molar-refractivity contribution in [2.24, 2.45) is 5.14 Å². The number of primary sulfonamides is 1. The molecular formula is C19H24N2O4S. The lowest BCUT2D eigenvalue weighted by Crippen LogP contribution is -2.30. The van der Waals surface area contributed by atoms with Crippen LogP contribution >= 0.6 is 0 Å². The van der Waals surface area contributed by atoms with Crippen molar-refractivity contribution in [3.8, 4) is 11.5 Å². The molecule has 0 bridgehead atoms. The van der Waals surface area contributed by atoms with E-state index in [0.717, 1.165) is 18.8 Å². The summed E-state index contributed by atoms with van der Waals surface area (Å²) in [5.74, 6) is 1.53. The fourth-order valence-electron chi connectivity index (χ4n) is 2.89. The van der Waals surface area contributed by atoms with Crippen molar-refractivity contribution in [1.82, 2.24) is 4.90 Å². The van der Waals surface area contributed by atoms with Crippen molar-refractivity contribution < 1.29 is 17.9 Å². The van der Waals surface area contributed by atoms with Crippen molar-refractivity contribution in [3.05, 3.63) is 54.1 Å². The molecule has 2 aromatic carbocycles. The molecule has 0 aromatic heterocycles. The first-order chi connectivity index (χ1) is 12.5.